The smallest absolute Gasteiger partial charge is 0.248 e. The maximum absolute atomic E-state index is 12.9. The molecule has 25 heavy (non-hydrogen) atoms. The van der Waals surface area contributed by atoms with Crippen molar-refractivity contribution in [2.24, 2.45) is 10.7 Å². The molecule has 2 aromatic rings. The standard InChI is InChI=1S/C18H21FN4O.HI/c1-21-18(22-11-10-13-4-8-16(19)9-5-13)23-12-14-2-6-15(7-3-14)17(20)24;/h2-9H,10-12H2,1H3,(H2,20,24)(H2,21,22,23);1H. The Kier molecular flexibility index (Phi) is 8.90. The van der Waals surface area contributed by atoms with E-state index in [9.17, 15) is 9.18 Å². The van der Waals surface area contributed by atoms with Crippen LogP contribution in [0.5, 0.6) is 0 Å². The first-order valence-corrected chi connectivity index (χ1v) is 7.66. The third-order valence-corrected chi connectivity index (χ3v) is 3.54. The number of nitrogens with two attached hydrogens (primary N) is 1. The van der Waals surface area contributed by atoms with E-state index in [0.717, 1.165) is 17.5 Å². The van der Waals surface area contributed by atoms with Crippen LogP contribution in [0, 0.1) is 5.82 Å². The number of carbonyl (C=O) groups excluding carboxylic acids is 1. The van der Waals surface area contributed by atoms with Gasteiger partial charge in [-0.2, -0.15) is 0 Å². The molecule has 0 saturated carbocycles. The van der Waals surface area contributed by atoms with E-state index in [1.807, 2.05) is 12.1 Å². The van der Waals surface area contributed by atoms with Gasteiger partial charge in [0.1, 0.15) is 5.82 Å². The molecule has 0 bridgehead atoms. The molecule has 0 spiro atoms. The number of hydrogen-bond donors (Lipinski definition) is 3. The van der Waals surface area contributed by atoms with E-state index in [1.54, 1.807) is 31.3 Å². The summed E-state index contributed by atoms with van der Waals surface area (Å²) in [6.45, 7) is 1.27. The molecule has 0 aromatic heterocycles. The van der Waals surface area contributed by atoms with Crippen molar-refractivity contribution in [1.29, 1.82) is 0 Å². The monoisotopic (exact) mass is 456 g/mol. The van der Waals surface area contributed by atoms with Crippen LogP contribution >= 0.6 is 24.0 Å². The molecule has 0 aliphatic rings. The van der Waals surface area contributed by atoms with Crippen molar-refractivity contribution in [3.63, 3.8) is 0 Å². The lowest BCUT2D eigenvalue weighted by molar-refractivity contribution is 0.100. The zero-order valence-corrected chi connectivity index (χ0v) is 16.3. The van der Waals surface area contributed by atoms with E-state index < -0.39 is 5.91 Å². The number of amides is 1. The molecular formula is C18H22FIN4O. The maximum atomic E-state index is 12.9. The first-order chi connectivity index (χ1) is 11.6. The number of carbonyl (C=O) groups is 1. The Balaban J connectivity index is 0.00000312. The summed E-state index contributed by atoms with van der Waals surface area (Å²) in [5.41, 5.74) is 7.77. The Morgan fingerprint density at radius 1 is 1.04 bits per heavy atom. The molecule has 7 heteroatoms. The average Bonchev–Trinajstić information content (AvgIpc) is 2.60. The van der Waals surface area contributed by atoms with Gasteiger partial charge in [-0.3, -0.25) is 9.79 Å². The number of hydrogen-bond acceptors (Lipinski definition) is 2. The fourth-order valence-electron chi connectivity index (χ4n) is 2.17. The third kappa shape index (κ3) is 7.08. The number of nitrogens with one attached hydrogen (secondary N) is 2. The summed E-state index contributed by atoms with van der Waals surface area (Å²) in [4.78, 5) is 15.2. The fraction of sp³-hybridized carbons (Fsp3) is 0.222. The summed E-state index contributed by atoms with van der Waals surface area (Å²) < 4.78 is 12.9. The topological polar surface area (TPSA) is 79.5 Å². The number of guanidine groups is 1. The van der Waals surface area contributed by atoms with Crippen LogP contribution in [-0.4, -0.2) is 25.5 Å². The average molecular weight is 456 g/mol. The Bertz CT molecular complexity index is 702. The summed E-state index contributed by atoms with van der Waals surface area (Å²) in [6.07, 6.45) is 0.772. The largest absolute Gasteiger partial charge is 0.366 e. The van der Waals surface area contributed by atoms with Gasteiger partial charge in [-0.15, -0.1) is 24.0 Å². The minimum atomic E-state index is -0.437. The van der Waals surface area contributed by atoms with Crippen LogP contribution in [0.1, 0.15) is 21.5 Å². The first kappa shape index (κ1) is 20.9. The van der Waals surface area contributed by atoms with Crippen molar-refractivity contribution in [1.82, 2.24) is 10.6 Å². The normalized spacial score (nSPS) is 10.7. The minimum absolute atomic E-state index is 0. The Morgan fingerprint density at radius 2 is 1.64 bits per heavy atom. The summed E-state index contributed by atoms with van der Waals surface area (Å²) in [7, 11) is 1.70. The van der Waals surface area contributed by atoms with Crippen molar-refractivity contribution >= 4 is 35.8 Å². The summed E-state index contributed by atoms with van der Waals surface area (Å²) in [6, 6.07) is 13.5. The van der Waals surface area contributed by atoms with Crippen LogP contribution in [0.25, 0.3) is 0 Å². The predicted octanol–water partition coefficient (Wildman–Crippen LogP) is 2.45. The van der Waals surface area contributed by atoms with Gasteiger partial charge in [-0.05, 0) is 41.8 Å². The molecule has 0 aliphatic heterocycles. The SMILES string of the molecule is CN=C(NCCc1ccc(F)cc1)NCc1ccc(C(N)=O)cc1.I. The highest BCUT2D eigenvalue weighted by atomic mass is 127. The quantitative estimate of drug-likeness (QED) is 0.355. The van der Waals surface area contributed by atoms with Crippen LogP contribution in [0.15, 0.2) is 53.5 Å². The summed E-state index contributed by atoms with van der Waals surface area (Å²) in [5, 5.41) is 6.40. The lowest BCUT2D eigenvalue weighted by atomic mass is 10.1. The van der Waals surface area contributed by atoms with Gasteiger partial charge in [0, 0.05) is 25.7 Å². The van der Waals surface area contributed by atoms with Crippen LogP contribution in [0.3, 0.4) is 0 Å². The Morgan fingerprint density at radius 3 is 2.20 bits per heavy atom. The highest BCUT2D eigenvalue weighted by molar-refractivity contribution is 14.0. The molecule has 0 saturated heterocycles. The molecule has 4 N–H and O–H groups in total. The van der Waals surface area contributed by atoms with Crippen LogP contribution in [0.2, 0.25) is 0 Å². The van der Waals surface area contributed by atoms with Crippen molar-refractivity contribution in [3.8, 4) is 0 Å². The summed E-state index contributed by atoms with van der Waals surface area (Å²) in [5.74, 6) is 0.00964. The predicted molar refractivity (Wildman–Crippen MR) is 109 cm³/mol. The molecule has 134 valence electrons. The van der Waals surface area contributed by atoms with E-state index in [2.05, 4.69) is 15.6 Å². The third-order valence-electron chi connectivity index (χ3n) is 3.54. The number of primary amides is 1. The van der Waals surface area contributed by atoms with Gasteiger partial charge in [0.15, 0.2) is 5.96 Å². The number of aliphatic imine (C=N–C) groups is 1. The van der Waals surface area contributed by atoms with E-state index in [4.69, 9.17) is 5.73 Å². The van der Waals surface area contributed by atoms with Crippen LogP contribution in [-0.2, 0) is 13.0 Å². The van der Waals surface area contributed by atoms with Gasteiger partial charge in [-0.25, -0.2) is 4.39 Å². The molecule has 1 amide bonds. The molecule has 0 aliphatic carbocycles. The van der Waals surface area contributed by atoms with Gasteiger partial charge >= 0.3 is 0 Å². The van der Waals surface area contributed by atoms with E-state index in [1.165, 1.54) is 12.1 Å². The Hall–Kier alpha value is -2.16. The zero-order valence-electron chi connectivity index (χ0n) is 14.0. The van der Waals surface area contributed by atoms with E-state index in [0.29, 0.717) is 24.6 Å². The highest BCUT2D eigenvalue weighted by Gasteiger charge is 2.02. The van der Waals surface area contributed by atoms with E-state index >= 15 is 0 Å². The first-order valence-electron chi connectivity index (χ1n) is 7.66. The second-order valence-electron chi connectivity index (χ2n) is 5.29. The Labute approximate surface area is 163 Å². The number of rotatable bonds is 6. The van der Waals surface area contributed by atoms with Crippen LogP contribution in [0.4, 0.5) is 4.39 Å². The molecule has 0 unspecified atom stereocenters. The second kappa shape index (κ2) is 10.7. The van der Waals surface area contributed by atoms with Gasteiger partial charge in [0.2, 0.25) is 5.91 Å². The van der Waals surface area contributed by atoms with Crippen LogP contribution < -0.4 is 16.4 Å². The van der Waals surface area contributed by atoms with Gasteiger partial charge < -0.3 is 16.4 Å². The van der Waals surface area contributed by atoms with E-state index in [-0.39, 0.29) is 29.8 Å². The van der Waals surface area contributed by atoms with Gasteiger partial charge in [0.05, 0.1) is 0 Å². The van der Waals surface area contributed by atoms with Crippen molar-refractivity contribution in [2.75, 3.05) is 13.6 Å². The molecule has 0 fully saturated rings. The summed E-state index contributed by atoms with van der Waals surface area (Å²) >= 11 is 0. The molecular weight excluding hydrogens is 434 g/mol. The number of nitrogens with zero attached hydrogens (tertiary/aromatic N) is 1. The zero-order chi connectivity index (χ0) is 17.4. The molecule has 0 atom stereocenters. The minimum Gasteiger partial charge on any atom is -0.366 e. The number of benzene rings is 2. The second-order valence-corrected chi connectivity index (χ2v) is 5.29. The van der Waals surface area contributed by atoms with Gasteiger partial charge in [-0.1, -0.05) is 24.3 Å². The molecule has 0 heterocycles. The lowest BCUT2D eigenvalue weighted by Gasteiger charge is -2.12. The van der Waals surface area contributed by atoms with Gasteiger partial charge in [0.25, 0.3) is 0 Å². The molecule has 2 rings (SSSR count). The van der Waals surface area contributed by atoms with Crippen molar-refractivity contribution < 1.29 is 9.18 Å². The lowest BCUT2D eigenvalue weighted by Crippen LogP contribution is -2.37. The van der Waals surface area contributed by atoms with Crippen molar-refractivity contribution in [3.05, 3.63) is 71.0 Å². The molecule has 5 nitrogen and oxygen atoms in total. The number of halogens is 2. The van der Waals surface area contributed by atoms with Crippen molar-refractivity contribution in [2.45, 2.75) is 13.0 Å². The fourth-order valence-corrected chi connectivity index (χ4v) is 2.17. The molecule has 2 aromatic carbocycles. The highest BCUT2D eigenvalue weighted by Crippen LogP contribution is 2.04. The maximum Gasteiger partial charge on any atom is 0.248 e. The molecule has 0 radical (unpaired) electrons.